The molecule has 1 aromatic carbocycles. The van der Waals surface area contributed by atoms with E-state index in [-0.39, 0.29) is 23.4 Å². The van der Waals surface area contributed by atoms with E-state index in [1.165, 1.54) is 24.9 Å². The summed E-state index contributed by atoms with van der Waals surface area (Å²) in [4.78, 5) is 38.2. The minimum atomic E-state index is -0.347. The molecular formula is C23H25N3O5. The van der Waals surface area contributed by atoms with Crippen LogP contribution in [0.5, 0.6) is 5.75 Å². The van der Waals surface area contributed by atoms with Crippen molar-refractivity contribution in [2.45, 2.75) is 32.1 Å². The van der Waals surface area contributed by atoms with Gasteiger partial charge < -0.3 is 9.15 Å². The smallest absolute Gasteiger partial charge is 0.336 e. The highest BCUT2D eigenvalue weighted by molar-refractivity contribution is 5.95. The summed E-state index contributed by atoms with van der Waals surface area (Å²) in [5.74, 6) is 0.317. The number of nitrogens with zero attached hydrogens (tertiary/aromatic N) is 1. The van der Waals surface area contributed by atoms with Gasteiger partial charge in [-0.15, -0.1) is 0 Å². The van der Waals surface area contributed by atoms with Gasteiger partial charge in [0.05, 0.1) is 7.11 Å². The van der Waals surface area contributed by atoms with Crippen molar-refractivity contribution in [2.24, 2.45) is 5.92 Å². The van der Waals surface area contributed by atoms with Crippen LogP contribution in [-0.2, 0) is 4.79 Å². The molecule has 2 heterocycles. The monoisotopic (exact) mass is 423 g/mol. The fourth-order valence-electron chi connectivity index (χ4n) is 3.33. The number of hydrogen-bond donors (Lipinski definition) is 2. The predicted octanol–water partition coefficient (Wildman–Crippen LogP) is 3.22. The molecule has 1 fully saturated rings. The Bertz CT molecular complexity index is 1080. The Labute approximate surface area is 179 Å². The number of nitrogens with one attached hydrogen (secondary N) is 2. The van der Waals surface area contributed by atoms with Crippen LogP contribution in [0, 0.1) is 5.92 Å². The molecule has 8 nitrogen and oxygen atoms in total. The van der Waals surface area contributed by atoms with E-state index >= 15 is 0 Å². The Hall–Kier alpha value is -3.68. The molecule has 31 heavy (non-hydrogen) atoms. The first-order chi connectivity index (χ1) is 15.1. The van der Waals surface area contributed by atoms with Crippen molar-refractivity contribution in [3.63, 3.8) is 0 Å². The average Bonchev–Trinajstić information content (AvgIpc) is 2.83. The Morgan fingerprint density at radius 2 is 1.71 bits per heavy atom. The maximum Gasteiger partial charge on any atom is 0.336 e. The molecule has 1 saturated carbocycles. The molecule has 1 aliphatic rings. The van der Waals surface area contributed by atoms with E-state index < -0.39 is 0 Å². The van der Waals surface area contributed by atoms with Crippen LogP contribution < -0.4 is 21.2 Å². The number of aromatic nitrogens is 1. The molecule has 0 unspecified atom stereocenters. The fourth-order valence-corrected chi connectivity index (χ4v) is 3.33. The molecule has 0 aliphatic heterocycles. The van der Waals surface area contributed by atoms with Crippen LogP contribution in [0.15, 0.2) is 64.1 Å². The van der Waals surface area contributed by atoms with Gasteiger partial charge in [0.2, 0.25) is 5.91 Å². The van der Waals surface area contributed by atoms with E-state index in [2.05, 4.69) is 15.8 Å². The number of ether oxygens (including phenoxy) is 1. The number of hydrazine groups is 1. The van der Waals surface area contributed by atoms with Crippen LogP contribution in [0.1, 0.15) is 42.5 Å². The van der Waals surface area contributed by atoms with Crippen molar-refractivity contribution < 1.29 is 18.7 Å². The van der Waals surface area contributed by atoms with Gasteiger partial charge in [-0.3, -0.25) is 25.4 Å². The van der Waals surface area contributed by atoms with Gasteiger partial charge in [-0.05, 0) is 43.2 Å². The minimum absolute atomic E-state index is 0.0384. The molecule has 2 amide bonds. The number of amides is 2. The number of rotatable bonds is 3. The second-order valence-corrected chi connectivity index (χ2v) is 7.17. The summed E-state index contributed by atoms with van der Waals surface area (Å²) in [7, 11) is 1.57. The van der Waals surface area contributed by atoms with Crippen LogP contribution in [0.25, 0.3) is 11.0 Å². The van der Waals surface area contributed by atoms with E-state index in [1.807, 2.05) is 12.1 Å². The van der Waals surface area contributed by atoms with Gasteiger partial charge in [-0.1, -0.05) is 19.3 Å². The third-order valence-electron chi connectivity index (χ3n) is 5.05. The molecule has 4 rings (SSSR count). The number of benzene rings is 1. The van der Waals surface area contributed by atoms with Gasteiger partial charge in [-0.25, -0.2) is 4.79 Å². The van der Waals surface area contributed by atoms with Crippen LogP contribution in [-0.4, -0.2) is 23.9 Å². The summed E-state index contributed by atoms with van der Waals surface area (Å²) in [6.07, 6.45) is 8.30. The zero-order chi connectivity index (χ0) is 22.1. The van der Waals surface area contributed by atoms with Gasteiger partial charge >= 0.3 is 5.63 Å². The lowest BCUT2D eigenvalue weighted by Gasteiger charge is -2.20. The summed E-state index contributed by atoms with van der Waals surface area (Å²) in [5, 5.41) is 0.889. The normalized spacial score (nSPS) is 13.6. The Morgan fingerprint density at radius 1 is 1.00 bits per heavy atom. The molecule has 8 heteroatoms. The molecule has 3 aromatic rings. The summed E-state index contributed by atoms with van der Waals surface area (Å²) in [6.45, 7) is 0. The zero-order valence-corrected chi connectivity index (χ0v) is 17.3. The second-order valence-electron chi connectivity index (χ2n) is 7.17. The molecule has 1 aliphatic carbocycles. The van der Waals surface area contributed by atoms with Crippen molar-refractivity contribution >= 4 is 22.8 Å². The van der Waals surface area contributed by atoms with Gasteiger partial charge in [0.25, 0.3) is 5.91 Å². The standard InChI is InChI=1S/C13H17N3O2.C10H8O3/c17-12(10-4-2-1-3-5-10)15-16-13(18)11-6-8-14-9-7-11;1-12-8-4-2-7-3-5-10(11)13-9(7)6-8/h6-10H,1-5H2,(H,15,17)(H,16,18);2-6H,1H3. The Kier molecular flexibility index (Phi) is 7.75. The van der Waals surface area contributed by atoms with Crippen LogP contribution in [0.4, 0.5) is 0 Å². The third kappa shape index (κ3) is 6.40. The average molecular weight is 423 g/mol. The predicted molar refractivity (Wildman–Crippen MR) is 115 cm³/mol. The molecule has 0 saturated heterocycles. The van der Waals surface area contributed by atoms with Crippen LogP contribution in [0.3, 0.4) is 0 Å². The lowest BCUT2D eigenvalue weighted by atomic mass is 9.89. The first-order valence-corrected chi connectivity index (χ1v) is 10.1. The topological polar surface area (TPSA) is 111 Å². The number of carbonyl (C=O) groups excluding carboxylic acids is 2. The number of hydrogen-bond acceptors (Lipinski definition) is 6. The highest BCUT2D eigenvalue weighted by Gasteiger charge is 2.21. The van der Waals surface area contributed by atoms with Gasteiger partial charge in [-0.2, -0.15) is 0 Å². The molecule has 0 radical (unpaired) electrons. The summed E-state index contributed by atoms with van der Waals surface area (Å²) in [5.41, 5.74) is 5.60. The molecule has 0 bridgehead atoms. The van der Waals surface area contributed by atoms with Crippen molar-refractivity contribution in [2.75, 3.05) is 7.11 Å². The largest absolute Gasteiger partial charge is 0.497 e. The number of pyridine rings is 1. The number of methoxy groups -OCH3 is 1. The third-order valence-corrected chi connectivity index (χ3v) is 5.05. The van der Waals surface area contributed by atoms with E-state index in [9.17, 15) is 14.4 Å². The SMILES string of the molecule is COc1ccc2ccc(=O)oc2c1.O=C(NNC(=O)C1CCCCC1)c1ccncc1. The van der Waals surface area contributed by atoms with E-state index in [1.54, 1.807) is 31.4 Å². The number of carbonyl (C=O) groups is 2. The minimum Gasteiger partial charge on any atom is -0.497 e. The van der Waals surface area contributed by atoms with Crippen molar-refractivity contribution in [3.8, 4) is 5.75 Å². The maximum absolute atomic E-state index is 11.8. The van der Waals surface area contributed by atoms with E-state index in [0.29, 0.717) is 16.9 Å². The van der Waals surface area contributed by atoms with E-state index in [4.69, 9.17) is 9.15 Å². The Balaban J connectivity index is 0.000000185. The lowest BCUT2D eigenvalue weighted by Crippen LogP contribution is -2.44. The highest BCUT2D eigenvalue weighted by Crippen LogP contribution is 2.23. The Morgan fingerprint density at radius 3 is 2.42 bits per heavy atom. The number of fused-ring (bicyclic) bond motifs is 1. The van der Waals surface area contributed by atoms with Gasteiger partial charge in [0.15, 0.2) is 0 Å². The first kappa shape index (κ1) is 22.0. The molecule has 2 N–H and O–H groups in total. The maximum atomic E-state index is 11.8. The summed E-state index contributed by atoms with van der Waals surface area (Å²) in [6, 6.07) is 11.7. The molecular weight excluding hydrogens is 398 g/mol. The van der Waals surface area contributed by atoms with Gasteiger partial charge in [0, 0.05) is 41.4 Å². The van der Waals surface area contributed by atoms with E-state index in [0.717, 1.165) is 31.1 Å². The highest BCUT2D eigenvalue weighted by atomic mass is 16.5. The second kappa shape index (κ2) is 10.9. The molecule has 0 atom stereocenters. The first-order valence-electron chi connectivity index (χ1n) is 10.1. The van der Waals surface area contributed by atoms with Gasteiger partial charge in [0.1, 0.15) is 11.3 Å². The summed E-state index contributed by atoms with van der Waals surface area (Å²) >= 11 is 0. The molecule has 0 spiro atoms. The summed E-state index contributed by atoms with van der Waals surface area (Å²) < 4.78 is 9.97. The fraction of sp³-hybridized carbons (Fsp3) is 0.304. The van der Waals surface area contributed by atoms with Crippen molar-refractivity contribution in [3.05, 3.63) is 70.8 Å². The van der Waals surface area contributed by atoms with Crippen LogP contribution >= 0.6 is 0 Å². The zero-order valence-electron chi connectivity index (χ0n) is 17.3. The van der Waals surface area contributed by atoms with Crippen LogP contribution in [0.2, 0.25) is 0 Å². The van der Waals surface area contributed by atoms with Crippen molar-refractivity contribution in [1.29, 1.82) is 0 Å². The van der Waals surface area contributed by atoms with Crippen molar-refractivity contribution in [1.82, 2.24) is 15.8 Å². The molecule has 2 aromatic heterocycles. The molecule has 162 valence electrons. The quantitative estimate of drug-likeness (QED) is 0.494. The lowest BCUT2D eigenvalue weighted by molar-refractivity contribution is -0.126.